The molecule has 5 aromatic heterocycles. The lowest BCUT2D eigenvalue weighted by molar-refractivity contribution is 0.0688. The lowest BCUT2D eigenvalue weighted by Gasteiger charge is -2.36. The Bertz CT molecular complexity index is 2060. The molecule has 4 aliphatic rings. The Kier molecular flexibility index (Phi) is 11.7. The zero-order valence-electron chi connectivity index (χ0n) is 32.2. The van der Waals surface area contributed by atoms with Gasteiger partial charge in [-0.3, -0.25) is 29.1 Å². The highest BCUT2D eigenvalue weighted by molar-refractivity contribution is 7.99. The van der Waals surface area contributed by atoms with Gasteiger partial charge >= 0.3 is 0 Å². The number of amides is 1. The van der Waals surface area contributed by atoms with E-state index >= 15 is 0 Å². The van der Waals surface area contributed by atoms with Crippen LogP contribution in [0.25, 0.3) is 22.8 Å². The minimum Gasteiger partial charge on any atom is -0.369 e. The van der Waals surface area contributed by atoms with Crippen molar-refractivity contribution < 1.29 is 4.79 Å². The smallest absolute Gasteiger partial charge is 0.255 e. The number of aromatic nitrogens is 7. The monoisotopic (exact) mass is 776 g/mol. The molecule has 2 N–H and O–H groups in total. The molecule has 0 bridgehead atoms. The van der Waals surface area contributed by atoms with Crippen molar-refractivity contribution >= 4 is 41.1 Å². The van der Waals surface area contributed by atoms with Gasteiger partial charge in [0.15, 0.2) is 0 Å². The van der Waals surface area contributed by atoms with Crippen molar-refractivity contribution in [1.29, 1.82) is 0 Å². The molecule has 3 aliphatic heterocycles. The molecule has 2 fully saturated rings. The lowest BCUT2D eigenvalue weighted by Crippen LogP contribution is -2.39. The molecule has 2 atom stereocenters. The molecule has 13 heteroatoms. The summed E-state index contributed by atoms with van der Waals surface area (Å²) in [6.07, 6.45) is 14.3. The summed E-state index contributed by atoms with van der Waals surface area (Å²) in [5.41, 5.74) is 8.12. The Balaban J connectivity index is 0.000000164. The Morgan fingerprint density at radius 2 is 1.20 bits per heavy atom. The second-order valence-electron chi connectivity index (χ2n) is 15.0. The van der Waals surface area contributed by atoms with Crippen LogP contribution in [0.3, 0.4) is 0 Å². The summed E-state index contributed by atoms with van der Waals surface area (Å²) in [5, 5.41) is 17.8. The molecule has 55 heavy (non-hydrogen) atoms. The van der Waals surface area contributed by atoms with E-state index in [1.807, 2.05) is 95.8 Å². The van der Waals surface area contributed by atoms with Gasteiger partial charge in [-0.15, -0.1) is 0 Å². The third-order valence-corrected chi connectivity index (χ3v) is 14.3. The van der Waals surface area contributed by atoms with Crippen LogP contribution in [0.1, 0.15) is 82.6 Å². The normalized spacial score (nSPS) is 20.5. The Labute approximate surface area is 332 Å². The van der Waals surface area contributed by atoms with Crippen LogP contribution in [-0.4, -0.2) is 83.0 Å². The summed E-state index contributed by atoms with van der Waals surface area (Å²) in [5.74, 6) is 5.88. The molecule has 0 aromatic carbocycles. The van der Waals surface area contributed by atoms with Crippen molar-refractivity contribution in [1.82, 2.24) is 39.4 Å². The number of carbonyl (C=O) groups is 1. The van der Waals surface area contributed by atoms with E-state index in [1.165, 1.54) is 49.0 Å². The zero-order valence-corrected chi connectivity index (χ0v) is 33.8. The number of pyridine rings is 3. The van der Waals surface area contributed by atoms with E-state index < -0.39 is 0 Å². The zero-order chi connectivity index (χ0) is 37.7. The van der Waals surface area contributed by atoms with E-state index in [-0.39, 0.29) is 5.91 Å². The van der Waals surface area contributed by atoms with E-state index in [0.29, 0.717) is 22.0 Å². The number of hydrogen-bond acceptors (Lipinski definition) is 10. The van der Waals surface area contributed by atoms with E-state index in [2.05, 4.69) is 49.5 Å². The largest absolute Gasteiger partial charge is 0.369 e. The SMILES string of the molecule is Cc1ncccc1C(=O)N1CCC(C2SCCNc3c2c(-c2ccccn2)nn3C)CC1.Cn1nc(-c2ccccn2)c2c1NCCSC2C1CCCCC1. The van der Waals surface area contributed by atoms with E-state index in [1.54, 1.807) is 6.20 Å². The number of aryl methyl sites for hydroxylation is 3. The fourth-order valence-corrected chi connectivity index (χ4v) is 11.6. The summed E-state index contributed by atoms with van der Waals surface area (Å²) < 4.78 is 3.98. The summed E-state index contributed by atoms with van der Waals surface area (Å²) in [6.45, 7) is 5.39. The first kappa shape index (κ1) is 37.6. The molecule has 288 valence electrons. The van der Waals surface area contributed by atoms with Crippen molar-refractivity contribution in [3.05, 3.63) is 89.5 Å². The second-order valence-corrected chi connectivity index (χ2v) is 17.5. The number of hydrogen-bond donors (Lipinski definition) is 2. The molecule has 11 nitrogen and oxygen atoms in total. The quantitative estimate of drug-likeness (QED) is 0.181. The van der Waals surface area contributed by atoms with E-state index in [9.17, 15) is 4.79 Å². The molecule has 1 amide bonds. The van der Waals surface area contributed by atoms with Gasteiger partial charge in [0.2, 0.25) is 0 Å². The van der Waals surface area contributed by atoms with Crippen LogP contribution in [0.2, 0.25) is 0 Å². The first-order chi connectivity index (χ1) is 27.0. The third-order valence-electron chi connectivity index (χ3n) is 11.5. The van der Waals surface area contributed by atoms with Gasteiger partial charge < -0.3 is 15.5 Å². The molecule has 8 heterocycles. The highest BCUT2D eigenvalue weighted by Crippen LogP contribution is 2.50. The van der Waals surface area contributed by atoms with Crippen LogP contribution >= 0.6 is 23.5 Å². The number of nitrogens with one attached hydrogen (secondary N) is 2. The highest BCUT2D eigenvalue weighted by Gasteiger charge is 2.37. The molecular weight excluding hydrogens is 725 g/mol. The van der Waals surface area contributed by atoms with Gasteiger partial charge in [-0.2, -0.15) is 33.7 Å². The van der Waals surface area contributed by atoms with Crippen LogP contribution in [0, 0.1) is 18.8 Å². The van der Waals surface area contributed by atoms with Gasteiger partial charge in [-0.05, 0) is 80.8 Å². The van der Waals surface area contributed by atoms with Crippen LogP contribution in [0.4, 0.5) is 11.6 Å². The fourth-order valence-electron chi connectivity index (χ4n) is 8.77. The molecule has 1 saturated heterocycles. The lowest BCUT2D eigenvalue weighted by atomic mass is 9.84. The van der Waals surface area contributed by atoms with Gasteiger partial charge in [-0.1, -0.05) is 31.4 Å². The predicted molar refractivity (Wildman–Crippen MR) is 224 cm³/mol. The molecule has 0 spiro atoms. The van der Waals surface area contributed by atoms with Crippen LogP contribution in [0.15, 0.2) is 67.1 Å². The van der Waals surface area contributed by atoms with Crippen molar-refractivity contribution in [2.24, 2.45) is 25.9 Å². The highest BCUT2D eigenvalue weighted by atomic mass is 32.2. The van der Waals surface area contributed by atoms with Crippen LogP contribution in [0.5, 0.6) is 0 Å². The number of carbonyl (C=O) groups excluding carboxylic acids is 1. The van der Waals surface area contributed by atoms with Gasteiger partial charge in [0.25, 0.3) is 5.91 Å². The first-order valence-electron chi connectivity index (χ1n) is 19.9. The minimum atomic E-state index is 0.0977. The number of rotatable bonds is 5. The maximum absolute atomic E-state index is 13.0. The first-order valence-corrected chi connectivity index (χ1v) is 22.0. The predicted octanol–water partition coefficient (Wildman–Crippen LogP) is 8.20. The number of piperidine rings is 1. The van der Waals surface area contributed by atoms with Gasteiger partial charge in [0.1, 0.15) is 23.0 Å². The van der Waals surface area contributed by atoms with Crippen molar-refractivity contribution in [3.8, 4) is 22.8 Å². The molecular formula is C42H52N10OS2. The molecule has 2 unspecified atom stereocenters. The average Bonchev–Trinajstić information content (AvgIpc) is 3.50. The van der Waals surface area contributed by atoms with Gasteiger partial charge in [0, 0.05) is 97.7 Å². The van der Waals surface area contributed by atoms with Gasteiger partial charge in [0.05, 0.1) is 17.0 Å². The van der Waals surface area contributed by atoms with Crippen LogP contribution in [-0.2, 0) is 14.1 Å². The minimum absolute atomic E-state index is 0.0977. The summed E-state index contributed by atoms with van der Waals surface area (Å²) in [4.78, 5) is 28.5. The van der Waals surface area contributed by atoms with Gasteiger partial charge in [-0.25, -0.2) is 0 Å². The summed E-state index contributed by atoms with van der Waals surface area (Å²) in [7, 11) is 4.05. The number of fused-ring (bicyclic) bond motifs is 2. The van der Waals surface area contributed by atoms with E-state index in [0.717, 1.165) is 90.7 Å². The topological polar surface area (TPSA) is 119 Å². The molecule has 9 rings (SSSR count). The number of likely N-dealkylation sites (tertiary alicyclic amines) is 1. The maximum atomic E-state index is 13.0. The second kappa shape index (κ2) is 17.2. The summed E-state index contributed by atoms with van der Waals surface area (Å²) >= 11 is 4.12. The number of nitrogens with zero attached hydrogens (tertiary/aromatic N) is 8. The Morgan fingerprint density at radius 1 is 0.673 bits per heavy atom. The van der Waals surface area contributed by atoms with Crippen LogP contribution < -0.4 is 10.6 Å². The molecule has 1 saturated carbocycles. The maximum Gasteiger partial charge on any atom is 0.255 e. The Hall–Kier alpha value is -4.36. The third kappa shape index (κ3) is 8.00. The number of anilines is 2. The molecule has 5 aromatic rings. The van der Waals surface area contributed by atoms with Crippen molar-refractivity contribution in [2.75, 3.05) is 48.3 Å². The molecule has 1 aliphatic carbocycles. The average molecular weight is 777 g/mol. The van der Waals surface area contributed by atoms with Crippen molar-refractivity contribution in [2.45, 2.75) is 62.4 Å². The fraction of sp³-hybridized carbons (Fsp3) is 0.476. The number of thioether (sulfide) groups is 2. The van der Waals surface area contributed by atoms with E-state index in [4.69, 9.17) is 10.2 Å². The Morgan fingerprint density at radius 3 is 1.71 bits per heavy atom. The molecule has 0 radical (unpaired) electrons. The summed E-state index contributed by atoms with van der Waals surface area (Å²) in [6, 6.07) is 15.8. The standard InChI is InChI=1S/C24H28N6OS.C18H24N4S/c1-16-18(6-5-11-25-16)24(31)30-13-8-17(9-14-30)22-20-21(19-7-3-4-10-26-19)28-29(2)23(20)27-12-15-32-22;1-22-18-15(16(21-22)14-9-5-6-10-19-14)17(23-12-11-20-18)13-7-3-2-4-8-13/h3-7,10-11,17,22,27H,8-9,12-15H2,1-2H3;5-6,9-10,13,17,20H,2-4,7-8,11-12H2,1H3. The van der Waals surface area contributed by atoms with Crippen molar-refractivity contribution in [3.63, 3.8) is 0 Å².